The monoisotopic (exact) mass is 468 g/mol. The number of nitrogens with two attached hydrogens (primary N) is 1. The molecule has 166 valence electrons. The molecule has 32 heavy (non-hydrogen) atoms. The summed E-state index contributed by atoms with van der Waals surface area (Å²) >= 11 is 8.05. The van der Waals surface area contributed by atoms with Gasteiger partial charge in [0.1, 0.15) is 17.5 Å². The number of carbonyl (C=O) groups is 1. The third kappa shape index (κ3) is 4.80. The number of nitrogens with zero attached hydrogens (tertiary/aromatic N) is 3. The van der Waals surface area contributed by atoms with Crippen LogP contribution in [0.25, 0.3) is 16.2 Å². The van der Waals surface area contributed by atoms with Crippen LogP contribution in [-0.2, 0) is 17.8 Å². The van der Waals surface area contributed by atoms with E-state index in [1.165, 1.54) is 11.3 Å². The standard InChI is InChI=1S/C24H25ClN4O2S/c1-15(17-8-7-16(10-18(17)25)14-28(2)3)31-20-11-21(32-22(20)12-23(26)30)19-13-27-24-6-4-5-9-29(19)24/h4-11,13,15H,12,14H2,1-3H3,(H2,26,30)/t15-/m1/s1. The van der Waals surface area contributed by atoms with Gasteiger partial charge < -0.3 is 15.4 Å². The van der Waals surface area contributed by atoms with Crippen molar-refractivity contribution in [2.45, 2.75) is 26.0 Å². The van der Waals surface area contributed by atoms with E-state index in [1.807, 2.05) is 74.2 Å². The largest absolute Gasteiger partial charge is 0.485 e. The van der Waals surface area contributed by atoms with Crippen molar-refractivity contribution in [3.05, 3.63) is 75.9 Å². The molecule has 0 aliphatic heterocycles. The third-order valence-electron chi connectivity index (χ3n) is 5.08. The van der Waals surface area contributed by atoms with Crippen molar-refractivity contribution in [3.8, 4) is 16.3 Å². The number of hydrogen-bond donors (Lipinski definition) is 1. The smallest absolute Gasteiger partial charge is 0.222 e. The maximum absolute atomic E-state index is 11.7. The number of pyridine rings is 1. The fourth-order valence-corrected chi connectivity index (χ4v) is 5.12. The van der Waals surface area contributed by atoms with E-state index in [1.54, 1.807) is 0 Å². The zero-order valence-corrected chi connectivity index (χ0v) is 19.8. The van der Waals surface area contributed by atoms with E-state index in [2.05, 4.69) is 16.0 Å². The molecule has 1 aromatic carbocycles. The van der Waals surface area contributed by atoms with Gasteiger partial charge >= 0.3 is 0 Å². The second kappa shape index (κ2) is 9.32. The van der Waals surface area contributed by atoms with Crippen molar-refractivity contribution in [2.75, 3.05) is 14.1 Å². The first-order valence-electron chi connectivity index (χ1n) is 10.2. The topological polar surface area (TPSA) is 72.9 Å². The van der Waals surface area contributed by atoms with Gasteiger partial charge in [-0.05, 0) is 44.8 Å². The summed E-state index contributed by atoms with van der Waals surface area (Å²) < 4.78 is 8.31. The molecule has 3 heterocycles. The van der Waals surface area contributed by atoms with E-state index in [4.69, 9.17) is 22.1 Å². The molecule has 0 spiro atoms. The third-order valence-corrected chi connectivity index (χ3v) is 6.55. The lowest BCUT2D eigenvalue weighted by molar-refractivity contribution is -0.117. The zero-order chi connectivity index (χ0) is 22.8. The molecule has 6 nitrogen and oxygen atoms in total. The van der Waals surface area contributed by atoms with E-state index in [0.717, 1.165) is 38.8 Å². The van der Waals surface area contributed by atoms with Crippen molar-refractivity contribution in [2.24, 2.45) is 5.73 Å². The Kier molecular flexibility index (Phi) is 6.50. The Morgan fingerprint density at radius 1 is 1.28 bits per heavy atom. The molecule has 0 bridgehead atoms. The quantitative estimate of drug-likeness (QED) is 0.397. The Labute approximate surface area is 196 Å². The lowest BCUT2D eigenvalue weighted by atomic mass is 10.1. The Morgan fingerprint density at radius 3 is 2.81 bits per heavy atom. The molecule has 4 rings (SSSR count). The number of amides is 1. The average Bonchev–Trinajstić information content (AvgIpc) is 3.31. The minimum Gasteiger partial charge on any atom is -0.485 e. The molecule has 0 unspecified atom stereocenters. The van der Waals surface area contributed by atoms with Gasteiger partial charge in [-0.15, -0.1) is 11.3 Å². The Balaban J connectivity index is 1.65. The van der Waals surface area contributed by atoms with Crippen molar-refractivity contribution in [1.82, 2.24) is 14.3 Å². The molecule has 0 saturated carbocycles. The summed E-state index contributed by atoms with van der Waals surface area (Å²) in [5.41, 5.74) is 9.32. The van der Waals surface area contributed by atoms with Gasteiger partial charge in [0.2, 0.25) is 5.91 Å². The van der Waals surface area contributed by atoms with Crippen LogP contribution in [0.2, 0.25) is 5.02 Å². The number of primary amides is 1. The molecular weight excluding hydrogens is 444 g/mol. The summed E-state index contributed by atoms with van der Waals surface area (Å²) in [7, 11) is 4.04. The van der Waals surface area contributed by atoms with Gasteiger partial charge in [-0.1, -0.05) is 29.8 Å². The van der Waals surface area contributed by atoms with E-state index >= 15 is 0 Å². The molecule has 4 aromatic rings. The van der Waals surface area contributed by atoms with Gasteiger partial charge in [-0.2, -0.15) is 0 Å². The second-order valence-corrected chi connectivity index (χ2v) is 9.51. The van der Waals surface area contributed by atoms with Crippen LogP contribution in [-0.4, -0.2) is 34.3 Å². The van der Waals surface area contributed by atoms with Gasteiger partial charge in [0.05, 0.1) is 28.1 Å². The summed E-state index contributed by atoms with van der Waals surface area (Å²) in [6, 6.07) is 13.8. The minimum atomic E-state index is -0.403. The highest BCUT2D eigenvalue weighted by Gasteiger charge is 2.20. The molecule has 1 amide bonds. The highest BCUT2D eigenvalue weighted by molar-refractivity contribution is 7.15. The molecule has 0 aliphatic rings. The average molecular weight is 469 g/mol. The fourth-order valence-electron chi connectivity index (χ4n) is 3.65. The number of carbonyl (C=O) groups excluding carboxylic acids is 1. The Morgan fingerprint density at radius 2 is 2.09 bits per heavy atom. The van der Waals surface area contributed by atoms with Crippen LogP contribution in [0.5, 0.6) is 5.75 Å². The Bertz CT molecular complexity index is 1260. The number of imidazole rings is 1. The lowest BCUT2D eigenvalue weighted by Crippen LogP contribution is -2.14. The first-order valence-corrected chi connectivity index (χ1v) is 11.4. The van der Waals surface area contributed by atoms with Crippen LogP contribution in [0.4, 0.5) is 0 Å². The number of benzene rings is 1. The van der Waals surface area contributed by atoms with Crippen LogP contribution in [0.15, 0.2) is 54.9 Å². The first-order chi connectivity index (χ1) is 15.3. The van der Waals surface area contributed by atoms with Gasteiger partial charge in [0.15, 0.2) is 0 Å². The number of fused-ring (bicyclic) bond motifs is 1. The van der Waals surface area contributed by atoms with Crippen molar-refractivity contribution in [1.29, 1.82) is 0 Å². The normalized spacial score (nSPS) is 12.4. The molecule has 0 saturated heterocycles. The van der Waals surface area contributed by atoms with Crippen LogP contribution in [0.1, 0.15) is 29.0 Å². The van der Waals surface area contributed by atoms with Gasteiger partial charge in [0, 0.05) is 29.4 Å². The maximum Gasteiger partial charge on any atom is 0.222 e. The molecule has 3 aromatic heterocycles. The second-order valence-electron chi connectivity index (χ2n) is 7.97. The van der Waals surface area contributed by atoms with Crippen LogP contribution in [0.3, 0.4) is 0 Å². The summed E-state index contributed by atoms with van der Waals surface area (Å²) in [6.07, 6.45) is 3.60. The van der Waals surface area contributed by atoms with Gasteiger partial charge in [0.25, 0.3) is 0 Å². The van der Waals surface area contributed by atoms with Gasteiger partial charge in [-0.25, -0.2) is 4.98 Å². The van der Waals surface area contributed by atoms with E-state index < -0.39 is 5.91 Å². The van der Waals surface area contributed by atoms with Crippen molar-refractivity contribution >= 4 is 34.5 Å². The number of halogens is 1. The van der Waals surface area contributed by atoms with Crippen LogP contribution in [0, 0.1) is 0 Å². The fraction of sp³-hybridized carbons (Fsp3) is 0.250. The SMILES string of the molecule is C[C@@H](Oc1cc(-c2cnc3ccccn23)sc1CC(N)=O)c1ccc(CN(C)C)cc1Cl. The number of thiophene rings is 1. The maximum atomic E-state index is 11.7. The van der Waals surface area contributed by atoms with E-state index in [-0.39, 0.29) is 12.5 Å². The molecule has 1 atom stereocenters. The summed E-state index contributed by atoms with van der Waals surface area (Å²) in [6.45, 7) is 2.76. The summed E-state index contributed by atoms with van der Waals surface area (Å²) in [5, 5.41) is 0.658. The predicted octanol–water partition coefficient (Wildman–Crippen LogP) is 4.95. The molecule has 2 N–H and O–H groups in total. The first kappa shape index (κ1) is 22.3. The number of ether oxygens (including phenoxy) is 1. The van der Waals surface area contributed by atoms with Crippen molar-refractivity contribution in [3.63, 3.8) is 0 Å². The van der Waals surface area contributed by atoms with Gasteiger partial charge in [-0.3, -0.25) is 9.20 Å². The molecule has 0 fully saturated rings. The zero-order valence-electron chi connectivity index (χ0n) is 18.2. The van der Waals surface area contributed by atoms with Crippen LogP contribution >= 0.6 is 22.9 Å². The minimum absolute atomic E-state index is 0.110. The summed E-state index contributed by atoms with van der Waals surface area (Å²) in [5.74, 6) is 0.232. The van der Waals surface area contributed by atoms with Crippen LogP contribution < -0.4 is 10.5 Å². The van der Waals surface area contributed by atoms with E-state index in [9.17, 15) is 4.79 Å². The number of hydrogen-bond acceptors (Lipinski definition) is 5. The highest BCUT2D eigenvalue weighted by atomic mass is 35.5. The molecule has 0 radical (unpaired) electrons. The highest BCUT2D eigenvalue weighted by Crippen LogP contribution is 2.39. The molecular formula is C24H25ClN4O2S. The lowest BCUT2D eigenvalue weighted by Gasteiger charge is -2.18. The molecule has 0 aliphatic carbocycles. The Hall–Kier alpha value is -2.87. The number of aromatic nitrogens is 2. The van der Waals surface area contributed by atoms with Crippen molar-refractivity contribution < 1.29 is 9.53 Å². The summed E-state index contributed by atoms with van der Waals surface area (Å²) in [4.78, 5) is 20.0. The number of rotatable bonds is 8. The molecule has 8 heteroatoms. The predicted molar refractivity (Wildman–Crippen MR) is 129 cm³/mol. The van der Waals surface area contributed by atoms with E-state index in [0.29, 0.717) is 10.8 Å².